The van der Waals surface area contributed by atoms with Gasteiger partial charge in [0, 0.05) is 25.2 Å². The highest BCUT2D eigenvalue weighted by atomic mass is 32.2. The van der Waals surface area contributed by atoms with Crippen LogP contribution in [0, 0.1) is 17.0 Å². The Hall–Kier alpha value is -1.99. The molecule has 0 fully saturated rings. The van der Waals surface area contributed by atoms with Crippen LogP contribution in [0.1, 0.15) is 5.56 Å². The van der Waals surface area contributed by atoms with E-state index in [0.29, 0.717) is 5.56 Å². The van der Waals surface area contributed by atoms with Crippen molar-refractivity contribution in [1.29, 1.82) is 0 Å². The molecule has 0 N–H and O–H groups in total. The van der Waals surface area contributed by atoms with Crippen LogP contribution >= 0.6 is 0 Å². The maximum Gasteiger partial charge on any atom is 0.270 e. The fraction of sp³-hybridized carbons (Fsp3) is 0.231. The third kappa shape index (κ3) is 3.31. The molecule has 0 saturated carbocycles. The predicted molar refractivity (Wildman–Crippen MR) is 77.0 cm³/mol. The van der Waals surface area contributed by atoms with Gasteiger partial charge in [-0.25, -0.2) is 8.42 Å². The lowest BCUT2D eigenvalue weighted by Gasteiger charge is -2.20. The van der Waals surface area contributed by atoms with Crippen molar-refractivity contribution in [2.75, 3.05) is 13.1 Å². The molecule has 0 bridgehead atoms. The monoisotopic (exact) mass is 296 g/mol. The molecular formula is C13H16N2O4S. The van der Waals surface area contributed by atoms with Crippen LogP contribution in [-0.2, 0) is 10.0 Å². The van der Waals surface area contributed by atoms with Gasteiger partial charge in [0.15, 0.2) is 0 Å². The molecule has 0 spiro atoms. The Bertz CT molecular complexity index is 628. The zero-order valence-corrected chi connectivity index (χ0v) is 12.0. The van der Waals surface area contributed by atoms with Crippen molar-refractivity contribution in [3.8, 4) is 0 Å². The maximum absolute atomic E-state index is 12.5. The van der Waals surface area contributed by atoms with Crippen LogP contribution in [0.2, 0.25) is 0 Å². The van der Waals surface area contributed by atoms with Gasteiger partial charge in [-0.15, -0.1) is 13.2 Å². The molecule has 0 aliphatic rings. The van der Waals surface area contributed by atoms with E-state index in [-0.39, 0.29) is 23.7 Å². The third-order valence-corrected chi connectivity index (χ3v) is 4.64. The molecule has 0 unspecified atom stereocenters. The molecule has 1 rings (SSSR count). The summed E-state index contributed by atoms with van der Waals surface area (Å²) in [5, 5.41) is 10.8. The minimum atomic E-state index is -3.83. The zero-order valence-electron chi connectivity index (χ0n) is 11.2. The van der Waals surface area contributed by atoms with E-state index in [0.717, 1.165) is 10.4 Å². The average Bonchev–Trinajstić information content (AvgIpc) is 2.38. The number of nitro groups is 1. The van der Waals surface area contributed by atoms with Crippen LogP contribution < -0.4 is 0 Å². The van der Waals surface area contributed by atoms with Gasteiger partial charge in [0.05, 0.1) is 9.82 Å². The summed E-state index contributed by atoms with van der Waals surface area (Å²) in [5.74, 6) is 0. The van der Waals surface area contributed by atoms with Crippen molar-refractivity contribution in [1.82, 2.24) is 4.31 Å². The SMILES string of the molecule is C=CCN(CC=C)S(=O)(=O)c1cc([N+](=O)[O-])ccc1C. The van der Waals surface area contributed by atoms with Gasteiger partial charge in [-0.1, -0.05) is 18.2 Å². The lowest BCUT2D eigenvalue weighted by molar-refractivity contribution is -0.385. The number of nitro benzene ring substituents is 1. The van der Waals surface area contributed by atoms with Gasteiger partial charge in [0.1, 0.15) is 0 Å². The summed E-state index contributed by atoms with van der Waals surface area (Å²) in [7, 11) is -3.83. The normalized spacial score (nSPS) is 11.3. The second-order valence-corrected chi connectivity index (χ2v) is 6.01. The largest absolute Gasteiger partial charge is 0.270 e. The van der Waals surface area contributed by atoms with Gasteiger partial charge in [0.2, 0.25) is 10.0 Å². The van der Waals surface area contributed by atoms with E-state index in [1.165, 1.54) is 24.3 Å². The van der Waals surface area contributed by atoms with Crippen molar-refractivity contribution in [2.24, 2.45) is 0 Å². The Kier molecular flexibility index (Phi) is 5.18. The van der Waals surface area contributed by atoms with Crippen LogP contribution in [0.15, 0.2) is 48.4 Å². The minimum Gasteiger partial charge on any atom is -0.258 e. The molecule has 0 radical (unpaired) electrons. The quantitative estimate of drug-likeness (QED) is 0.439. The standard InChI is InChI=1S/C13H16N2O4S/c1-4-8-14(9-5-2)20(18,19)13-10-12(15(16)17)7-6-11(13)3/h4-7,10H,1-2,8-9H2,3H3. The molecule has 0 heterocycles. The fourth-order valence-electron chi connectivity index (χ4n) is 1.68. The topological polar surface area (TPSA) is 80.5 Å². The van der Waals surface area contributed by atoms with Crippen LogP contribution in [0.5, 0.6) is 0 Å². The summed E-state index contributed by atoms with van der Waals surface area (Å²) in [4.78, 5) is 10.1. The molecule has 1 aromatic carbocycles. The first-order valence-corrected chi connectivity index (χ1v) is 7.25. The zero-order chi connectivity index (χ0) is 15.3. The van der Waals surface area contributed by atoms with E-state index >= 15 is 0 Å². The van der Waals surface area contributed by atoms with Crippen LogP contribution in [0.3, 0.4) is 0 Å². The van der Waals surface area contributed by atoms with E-state index in [4.69, 9.17) is 0 Å². The molecule has 6 nitrogen and oxygen atoms in total. The molecular weight excluding hydrogens is 280 g/mol. The second kappa shape index (κ2) is 6.44. The van der Waals surface area contributed by atoms with Gasteiger partial charge >= 0.3 is 0 Å². The highest BCUT2D eigenvalue weighted by Crippen LogP contribution is 2.24. The molecule has 1 aromatic rings. The molecule has 0 aliphatic carbocycles. The van der Waals surface area contributed by atoms with Gasteiger partial charge in [-0.05, 0) is 12.5 Å². The number of aryl methyl sites for hydroxylation is 1. The lowest BCUT2D eigenvalue weighted by Crippen LogP contribution is -2.31. The Labute approximate surface area is 118 Å². The van der Waals surface area contributed by atoms with E-state index in [1.54, 1.807) is 6.92 Å². The van der Waals surface area contributed by atoms with Crippen molar-refractivity contribution in [3.63, 3.8) is 0 Å². The molecule has 0 amide bonds. The summed E-state index contributed by atoms with van der Waals surface area (Å²) in [6.07, 6.45) is 2.90. The van der Waals surface area contributed by atoms with Crippen molar-refractivity contribution < 1.29 is 13.3 Å². The average molecular weight is 296 g/mol. The van der Waals surface area contributed by atoms with Gasteiger partial charge in [-0.3, -0.25) is 10.1 Å². The number of benzene rings is 1. The Morgan fingerprint density at radius 2 is 1.85 bits per heavy atom. The number of sulfonamides is 1. The molecule has 20 heavy (non-hydrogen) atoms. The van der Waals surface area contributed by atoms with Gasteiger partial charge < -0.3 is 0 Å². The summed E-state index contributed by atoms with van der Waals surface area (Å²) in [6, 6.07) is 3.77. The van der Waals surface area contributed by atoms with Crippen molar-refractivity contribution >= 4 is 15.7 Å². The van der Waals surface area contributed by atoms with Crippen molar-refractivity contribution in [2.45, 2.75) is 11.8 Å². The third-order valence-electron chi connectivity index (χ3n) is 2.67. The molecule has 7 heteroatoms. The lowest BCUT2D eigenvalue weighted by atomic mass is 10.2. The fourth-order valence-corrected chi connectivity index (χ4v) is 3.30. The Morgan fingerprint density at radius 1 is 1.30 bits per heavy atom. The second-order valence-electron chi connectivity index (χ2n) is 4.11. The first-order valence-electron chi connectivity index (χ1n) is 5.81. The Morgan fingerprint density at radius 3 is 2.30 bits per heavy atom. The first-order chi connectivity index (χ1) is 9.34. The summed E-state index contributed by atoms with van der Waals surface area (Å²) in [5.41, 5.74) is 0.194. The number of rotatable bonds is 7. The molecule has 108 valence electrons. The summed E-state index contributed by atoms with van der Waals surface area (Å²) < 4.78 is 26.2. The summed E-state index contributed by atoms with van der Waals surface area (Å²) in [6.45, 7) is 8.83. The van der Waals surface area contributed by atoms with Crippen LogP contribution in [-0.4, -0.2) is 30.7 Å². The first kappa shape index (κ1) is 16.1. The number of nitrogens with zero attached hydrogens (tertiary/aromatic N) is 2. The minimum absolute atomic E-state index is 0.0737. The van der Waals surface area contributed by atoms with Crippen LogP contribution in [0.4, 0.5) is 5.69 Å². The van der Waals surface area contributed by atoms with Gasteiger partial charge in [-0.2, -0.15) is 4.31 Å². The molecule has 0 atom stereocenters. The number of non-ortho nitro benzene ring substituents is 1. The molecule has 0 aromatic heterocycles. The Balaban J connectivity index is 3.39. The van der Waals surface area contributed by atoms with E-state index in [9.17, 15) is 18.5 Å². The van der Waals surface area contributed by atoms with E-state index in [2.05, 4.69) is 13.2 Å². The number of hydrogen-bond acceptors (Lipinski definition) is 4. The highest BCUT2D eigenvalue weighted by molar-refractivity contribution is 7.89. The van der Waals surface area contributed by atoms with E-state index < -0.39 is 14.9 Å². The maximum atomic E-state index is 12.5. The van der Waals surface area contributed by atoms with Crippen LogP contribution in [0.25, 0.3) is 0 Å². The molecule has 0 saturated heterocycles. The number of hydrogen-bond donors (Lipinski definition) is 0. The van der Waals surface area contributed by atoms with Crippen molar-refractivity contribution in [3.05, 3.63) is 59.2 Å². The highest BCUT2D eigenvalue weighted by Gasteiger charge is 2.26. The smallest absolute Gasteiger partial charge is 0.258 e. The van der Waals surface area contributed by atoms with Gasteiger partial charge in [0.25, 0.3) is 5.69 Å². The molecule has 0 aliphatic heterocycles. The summed E-state index contributed by atoms with van der Waals surface area (Å²) >= 11 is 0. The van der Waals surface area contributed by atoms with E-state index in [1.807, 2.05) is 0 Å². The predicted octanol–water partition coefficient (Wildman–Crippen LogP) is 2.27.